The number of hydrogen-bond acceptors (Lipinski definition) is 3. The first-order chi connectivity index (χ1) is 9.72. The van der Waals surface area contributed by atoms with Crippen LogP contribution in [-0.2, 0) is 0 Å². The second-order valence-electron chi connectivity index (χ2n) is 5.60. The molecule has 0 saturated carbocycles. The molecule has 1 aliphatic heterocycles. The Labute approximate surface area is 133 Å². The van der Waals surface area contributed by atoms with Gasteiger partial charge in [-0.3, -0.25) is 4.90 Å². The fraction of sp³-hybridized carbons (Fsp3) is 0.625. The zero-order valence-electron chi connectivity index (χ0n) is 12.3. The van der Waals surface area contributed by atoms with Crippen LogP contribution < -0.4 is 4.90 Å². The predicted molar refractivity (Wildman–Crippen MR) is 92.4 cm³/mol. The Morgan fingerprint density at radius 1 is 1.25 bits per heavy atom. The Balaban J connectivity index is 1.83. The van der Waals surface area contributed by atoms with Crippen molar-refractivity contribution in [2.75, 3.05) is 43.4 Å². The molecule has 1 unspecified atom stereocenters. The highest BCUT2D eigenvalue weighted by molar-refractivity contribution is 7.80. The van der Waals surface area contributed by atoms with Gasteiger partial charge in [0.05, 0.1) is 0 Å². The molecule has 2 rings (SSSR count). The van der Waals surface area contributed by atoms with Gasteiger partial charge in [-0.15, -0.1) is 0 Å². The van der Waals surface area contributed by atoms with Gasteiger partial charge in [0.1, 0.15) is 0 Å². The van der Waals surface area contributed by atoms with Crippen LogP contribution in [0.15, 0.2) is 24.3 Å². The molecule has 1 atom stereocenters. The van der Waals surface area contributed by atoms with Gasteiger partial charge in [-0.25, -0.2) is 0 Å². The van der Waals surface area contributed by atoms with E-state index in [-0.39, 0.29) is 0 Å². The second kappa shape index (κ2) is 8.16. The average Bonchev–Trinajstić information content (AvgIpc) is 2.47. The summed E-state index contributed by atoms with van der Waals surface area (Å²) in [5.41, 5.74) is 1.25. The molecule has 1 aromatic rings. The molecular formula is C16H25ClN2S. The minimum atomic E-state index is 0.737. The Morgan fingerprint density at radius 2 is 2.00 bits per heavy atom. The van der Waals surface area contributed by atoms with E-state index in [9.17, 15) is 0 Å². The molecule has 0 N–H and O–H groups in total. The SMILES string of the molecule is CCCC(CS)CN1CCN(c2cccc(Cl)c2)CC1. The van der Waals surface area contributed by atoms with E-state index in [1.54, 1.807) is 0 Å². The monoisotopic (exact) mass is 312 g/mol. The Hall–Kier alpha value is -0.380. The number of nitrogens with zero attached hydrogens (tertiary/aromatic N) is 2. The maximum atomic E-state index is 6.07. The minimum Gasteiger partial charge on any atom is -0.369 e. The zero-order chi connectivity index (χ0) is 14.4. The molecule has 0 radical (unpaired) electrons. The van der Waals surface area contributed by atoms with E-state index in [1.807, 2.05) is 12.1 Å². The predicted octanol–water partition coefficient (Wildman–Crippen LogP) is 3.81. The third-order valence-electron chi connectivity index (χ3n) is 4.02. The molecule has 4 heteroatoms. The second-order valence-corrected chi connectivity index (χ2v) is 6.41. The third-order valence-corrected chi connectivity index (χ3v) is 4.77. The van der Waals surface area contributed by atoms with E-state index in [0.717, 1.165) is 42.9 Å². The summed E-state index contributed by atoms with van der Waals surface area (Å²) >= 11 is 10.6. The number of benzene rings is 1. The molecule has 1 fully saturated rings. The van der Waals surface area contributed by atoms with E-state index in [4.69, 9.17) is 11.6 Å². The molecule has 1 aromatic carbocycles. The lowest BCUT2D eigenvalue weighted by Crippen LogP contribution is -2.48. The molecule has 1 aliphatic rings. The van der Waals surface area contributed by atoms with Crippen molar-refractivity contribution >= 4 is 29.9 Å². The molecule has 1 heterocycles. The van der Waals surface area contributed by atoms with Crippen LogP contribution in [0.5, 0.6) is 0 Å². The van der Waals surface area contributed by atoms with Gasteiger partial charge < -0.3 is 4.90 Å². The summed E-state index contributed by atoms with van der Waals surface area (Å²) in [6.45, 7) is 7.91. The van der Waals surface area contributed by atoms with Gasteiger partial charge in [0.2, 0.25) is 0 Å². The van der Waals surface area contributed by atoms with Crippen molar-refractivity contribution in [2.24, 2.45) is 5.92 Å². The van der Waals surface area contributed by atoms with Crippen LogP contribution in [0.2, 0.25) is 5.02 Å². The first-order valence-electron chi connectivity index (χ1n) is 7.56. The lowest BCUT2D eigenvalue weighted by atomic mass is 10.0. The van der Waals surface area contributed by atoms with Crippen molar-refractivity contribution in [3.63, 3.8) is 0 Å². The first kappa shape index (κ1) is 16.0. The molecular weight excluding hydrogens is 288 g/mol. The molecule has 0 aromatic heterocycles. The first-order valence-corrected chi connectivity index (χ1v) is 8.57. The third kappa shape index (κ3) is 4.57. The number of halogens is 1. The van der Waals surface area contributed by atoms with E-state index in [2.05, 4.69) is 41.5 Å². The molecule has 0 aliphatic carbocycles. The zero-order valence-corrected chi connectivity index (χ0v) is 13.9. The van der Waals surface area contributed by atoms with Gasteiger partial charge >= 0.3 is 0 Å². The molecule has 0 amide bonds. The lowest BCUT2D eigenvalue weighted by molar-refractivity contribution is 0.221. The van der Waals surface area contributed by atoms with Crippen LogP contribution in [0.3, 0.4) is 0 Å². The average molecular weight is 313 g/mol. The van der Waals surface area contributed by atoms with Crippen molar-refractivity contribution in [1.82, 2.24) is 4.90 Å². The normalized spacial score (nSPS) is 18.2. The number of thiol groups is 1. The van der Waals surface area contributed by atoms with Crippen LogP contribution in [0, 0.1) is 5.92 Å². The summed E-state index contributed by atoms with van der Waals surface area (Å²) in [6, 6.07) is 8.17. The Bertz CT molecular complexity index is 405. The van der Waals surface area contributed by atoms with E-state index in [1.165, 1.54) is 25.1 Å². The fourth-order valence-corrected chi connectivity index (χ4v) is 3.36. The molecule has 2 nitrogen and oxygen atoms in total. The smallest absolute Gasteiger partial charge is 0.0426 e. The number of rotatable bonds is 6. The highest BCUT2D eigenvalue weighted by Gasteiger charge is 2.19. The maximum Gasteiger partial charge on any atom is 0.0426 e. The number of anilines is 1. The summed E-state index contributed by atoms with van der Waals surface area (Å²) in [5, 5.41) is 0.822. The summed E-state index contributed by atoms with van der Waals surface area (Å²) in [7, 11) is 0. The van der Waals surface area contributed by atoms with Gasteiger partial charge in [-0.1, -0.05) is 31.0 Å². The largest absolute Gasteiger partial charge is 0.369 e. The summed E-state index contributed by atoms with van der Waals surface area (Å²) in [5.74, 6) is 1.74. The summed E-state index contributed by atoms with van der Waals surface area (Å²) < 4.78 is 0. The Kier molecular flexibility index (Phi) is 6.53. The van der Waals surface area contributed by atoms with Crippen molar-refractivity contribution in [3.8, 4) is 0 Å². The van der Waals surface area contributed by atoms with E-state index in [0.29, 0.717) is 0 Å². The van der Waals surface area contributed by atoms with E-state index < -0.39 is 0 Å². The molecule has 0 bridgehead atoms. The van der Waals surface area contributed by atoms with E-state index >= 15 is 0 Å². The van der Waals surface area contributed by atoms with Gasteiger partial charge in [0.15, 0.2) is 0 Å². The van der Waals surface area contributed by atoms with Gasteiger partial charge in [0.25, 0.3) is 0 Å². The molecule has 0 spiro atoms. The van der Waals surface area contributed by atoms with Crippen LogP contribution in [-0.4, -0.2) is 43.4 Å². The quantitative estimate of drug-likeness (QED) is 0.798. The van der Waals surface area contributed by atoms with Gasteiger partial charge in [-0.2, -0.15) is 12.6 Å². The maximum absolute atomic E-state index is 6.07. The molecule has 20 heavy (non-hydrogen) atoms. The fourth-order valence-electron chi connectivity index (χ4n) is 2.88. The van der Waals surface area contributed by atoms with Crippen molar-refractivity contribution in [2.45, 2.75) is 19.8 Å². The van der Waals surface area contributed by atoms with Crippen LogP contribution >= 0.6 is 24.2 Å². The molecule has 112 valence electrons. The Morgan fingerprint density at radius 3 is 2.60 bits per heavy atom. The molecule has 1 saturated heterocycles. The summed E-state index contributed by atoms with van der Waals surface area (Å²) in [6.07, 6.45) is 2.55. The highest BCUT2D eigenvalue weighted by atomic mass is 35.5. The number of piperazine rings is 1. The van der Waals surface area contributed by atoms with Gasteiger partial charge in [-0.05, 0) is 36.3 Å². The van der Waals surface area contributed by atoms with Crippen molar-refractivity contribution in [1.29, 1.82) is 0 Å². The number of hydrogen-bond donors (Lipinski definition) is 1. The van der Waals surface area contributed by atoms with Crippen LogP contribution in [0.25, 0.3) is 0 Å². The lowest BCUT2D eigenvalue weighted by Gasteiger charge is -2.37. The standard InChI is InChI=1S/C16H25ClN2S/c1-2-4-14(13-20)12-18-7-9-19(10-8-18)16-6-3-5-15(17)11-16/h3,5-6,11,14,20H,2,4,7-10,12-13H2,1H3. The van der Waals surface area contributed by atoms with Crippen molar-refractivity contribution < 1.29 is 0 Å². The topological polar surface area (TPSA) is 6.48 Å². The van der Waals surface area contributed by atoms with Crippen LogP contribution in [0.1, 0.15) is 19.8 Å². The summed E-state index contributed by atoms with van der Waals surface area (Å²) in [4.78, 5) is 5.01. The van der Waals surface area contributed by atoms with Gasteiger partial charge in [0, 0.05) is 43.4 Å². The van der Waals surface area contributed by atoms with Crippen LogP contribution in [0.4, 0.5) is 5.69 Å². The van der Waals surface area contributed by atoms with Crippen molar-refractivity contribution in [3.05, 3.63) is 29.3 Å². The minimum absolute atomic E-state index is 0.737. The highest BCUT2D eigenvalue weighted by Crippen LogP contribution is 2.21.